The molecule has 0 fully saturated rings. The van der Waals surface area contributed by atoms with Crippen LogP contribution in [0.3, 0.4) is 0 Å². The summed E-state index contributed by atoms with van der Waals surface area (Å²) in [6, 6.07) is 99.5. The van der Waals surface area contributed by atoms with Gasteiger partial charge in [-0.1, -0.05) is 212 Å². The molecule has 0 amide bonds. The number of fused-ring (bicyclic) bond motifs is 3. The van der Waals surface area contributed by atoms with Crippen LogP contribution in [0.5, 0.6) is 0 Å². The first-order valence-corrected chi connectivity index (χ1v) is 23.1. The lowest BCUT2D eigenvalue weighted by atomic mass is 9.91. The van der Waals surface area contributed by atoms with Crippen LogP contribution in [0, 0.1) is 0 Å². The van der Waals surface area contributed by atoms with E-state index in [1.165, 1.54) is 111 Å². The molecule has 0 atom stereocenters. The molecule has 0 aliphatic heterocycles. The molecule has 0 saturated carbocycles. The third-order valence-electron chi connectivity index (χ3n) is 13.1. The molecule has 1 aromatic heterocycles. The summed E-state index contributed by atoms with van der Waals surface area (Å²) in [6.45, 7) is 0. The van der Waals surface area contributed by atoms with E-state index in [4.69, 9.17) is 0 Å². The second-order valence-electron chi connectivity index (χ2n) is 17.3. The van der Waals surface area contributed by atoms with Crippen LogP contribution in [-0.2, 0) is 0 Å². The average molecular weight is 852 g/mol. The number of hydrogen-bond donors (Lipinski definition) is 0. The van der Waals surface area contributed by atoms with E-state index in [0.29, 0.717) is 0 Å². The van der Waals surface area contributed by atoms with Gasteiger partial charge in [0.25, 0.3) is 0 Å². The van der Waals surface area contributed by atoms with E-state index in [1.807, 2.05) is 0 Å². The lowest BCUT2D eigenvalue weighted by Crippen LogP contribution is -1.97. The topological polar surface area (TPSA) is 4.93 Å². The number of hydrogen-bond acceptors (Lipinski definition) is 0. The van der Waals surface area contributed by atoms with Crippen molar-refractivity contribution in [3.05, 3.63) is 273 Å². The van der Waals surface area contributed by atoms with Gasteiger partial charge in [0.05, 0.1) is 11.0 Å². The Bertz CT molecular complexity index is 3360. The lowest BCUT2D eigenvalue weighted by molar-refractivity contribution is 1.18. The Hall–Kier alpha value is -8.78. The summed E-state index contributed by atoms with van der Waals surface area (Å²) in [5.41, 5.74) is 22.6. The first kappa shape index (κ1) is 39.8. The Labute approximate surface area is 392 Å². The summed E-state index contributed by atoms with van der Waals surface area (Å²) >= 11 is 0. The van der Waals surface area contributed by atoms with Gasteiger partial charge in [-0.25, -0.2) is 0 Å². The first-order chi connectivity index (χ1) is 33.2. The molecule has 314 valence electrons. The molecule has 12 aromatic rings. The monoisotopic (exact) mass is 851 g/mol. The Morgan fingerprint density at radius 3 is 0.776 bits per heavy atom. The number of nitrogens with zero attached hydrogens (tertiary/aromatic N) is 1. The fraction of sp³-hybridized carbons (Fsp3) is 0. The number of aromatic nitrogens is 1. The minimum Gasteiger partial charge on any atom is -0.308 e. The van der Waals surface area contributed by atoms with E-state index in [1.54, 1.807) is 0 Å². The number of benzene rings is 11. The average Bonchev–Trinajstić information content (AvgIpc) is 3.77. The van der Waals surface area contributed by atoms with Crippen LogP contribution < -0.4 is 0 Å². The zero-order chi connectivity index (χ0) is 44.5. The maximum Gasteiger partial charge on any atom is 0.0619 e. The maximum absolute atomic E-state index is 2.50. The zero-order valence-electron chi connectivity index (χ0n) is 36.9. The van der Waals surface area contributed by atoms with Gasteiger partial charge in [0.2, 0.25) is 0 Å². The van der Waals surface area contributed by atoms with Crippen LogP contribution in [0.4, 0.5) is 0 Å². The van der Waals surface area contributed by atoms with Gasteiger partial charge in [0, 0.05) is 27.6 Å². The van der Waals surface area contributed by atoms with Crippen molar-refractivity contribution in [3.8, 4) is 94.7 Å². The van der Waals surface area contributed by atoms with E-state index in [0.717, 1.165) is 5.69 Å². The van der Waals surface area contributed by atoms with Crippen LogP contribution in [0.2, 0.25) is 0 Å². The normalized spacial score (nSPS) is 11.3. The second kappa shape index (κ2) is 17.3. The molecule has 0 unspecified atom stereocenters. The molecular formula is C66H45N. The summed E-state index contributed by atoms with van der Waals surface area (Å²) in [6.07, 6.45) is 0. The Morgan fingerprint density at radius 1 is 0.179 bits per heavy atom. The van der Waals surface area contributed by atoms with Gasteiger partial charge >= 0.3 is 0 Å². The largest absolute Gasteiger partial charge is 0.308 e. The molecule has 0 N–H and O–H groups in total. The molecule has 67 heavy (non-hydrogen) atoms. The van der Waals surface area contributed by atoms with Gasteiger partial charge < -0.3 is 4.57 Å². The Kier molecular flexibility index (Phi) is 10.3. The molecule has 0 aliphatic rings. The van der Waals surface area contributed by atoms with E-state index in [2.05, 4.69) is 278 Å². The van der Waals surface area contributed by atoms with Crippen LogP contribution in [-0.4, -0.2) is 4.57 Å². The van der Waals surface area contributed by atoms with Gasteiger partial charge in [-0.15, -0.1) is 0 Å². The molecule has 0 radical (unpaired) electrons. The predicted molar refractivity (Wildman–Crippen MR) is 284 cm³/mol. The van der Waals surface area contributed by atoms with Crippen molar-refractivity contribution in [1.29, 1.82) is 0 Å². The van der Waals surface area contributed by atoms with Crippen molar-refractivity contribution >= 4 is 21.8 Å². The second-order valence-corrected chi connectivity index (χ2v) is 17.3. The third kappa shape index (κ3) is 7.63. The quantitative estimate of drug-likeness (QED) is 0.136. The van der Waals surface area contributed by atoms with Crippen LogP contribution in [0.1, 0.15) is 0 Å². The fourth-order valence-corrected chi connectivity index (χ4v) is 9.93. The molecule has 0 spiro atoms. The summed E-state index contributed by atoms with van der Waals surface area (Å²) < 4.78 is 2.50. The van der Waals surface area contributed by atoms with Crippen molar-refractivity contribution in [2.24, 2.45) is 0 Å². The minimum absolute atomic E-state index is 1.13. The van der Waals surface area contributed by atoms with Crippen molar-refractivity contribution in [2.75, 3.05) is 0 Å². The molecule has 11 aromatic carbocycles. The van der Waals surface area contributed by atoms with Crippen LogP contribution >= 0.6 is 0 Å². The van der Waals surface area contributed by atoms with Crippen LogP contribution in [0.25, 0.3) is 117 Å². The highest BCUT2D eigenvalue weighted by atomic mass is 15.0. The van der Waals surface area contributed by atoms with Crippen molar-refractivity contribution in [3.63, 3.8) is 0 Å². The summed E-state index contributed by atoms with van der Waals surface area (Å²) in [7, 11) is 0. The van der Waals surface area contributed by atoms with Crippen LogP contribution in [0.15, 0.2) is 273 Å². The van der Waals surface area contributed by atoms with Gasteiger partial charge in [-0.3, -0.25) is 0 Å². The SMILES string of the molecule is c1ccc(-c2cc(-c3ccccc3)cc(-c3cccc(-c4cccc5c6cccc(-c7cccc(-c8cc(-c9ccccc9)cc(-c9ccccc9)c8)c7)c6n(-c6ccccc6)c45)c3)c2)cc1. The zero-order valence-corrected chi connectivity index (χ0v) is 36.9. The highest BCUT2D eigenvalue weighted by Gasteiger charge is 2.21. The highest BCUT2D eigenvalue weighted by Crippen LogP contribution is 2.44. The van der Waals surface area contributed by atoms with E-state index in [9.17, 15) is 0 Å². The van der Waals surface area contributed by atoms with E-state index >= 15 is 0 Å². The van der Waals surface area contributed by atoms with Gasteiger partial charge in [-0.05, 0) is 139 Å². The standard InChI is InChI=1S/C66H45N/c1-6-20-46(21-7-1)54-40-55(47-22-8-2-9-23-47)43-58(42-54)50-28-16-30-52(38-50)61-34-18-36-63-64-37-19-35-62(66(64)67(65(61)63)60-32-14-5-15-33-60)53-31-17-29-51(39-53)59-44-56(48-24-10-3-11-25-48)41-57(45-59)49-26-12-4-13-27-49/h1-45H. The molecule has 1 heteroatoms. The molecule has 12 rings (SSSR count). The number of rotatable bonds is 9. The molecule has 0 bridgehead atoms. The first-order valence-electron chi connectivity index (χ1n) is 23.1. The highest BCUT2D eigenvalue weighted by molar-refractivity contribution is 6.17. The van der Waals surface area contributed by atoms with E-state index < -0.39 is 0 Å². The lowest BCUT2D eigenvalue weighted by Gasteiger charge is -2.15. The Morgan fingerprint density at radius 2 is 0.433 bits per heavy atom. The fourth-order valence-electron chi connectivity index (χ4n) is 9.93. The van der Waals surface area contributed by atoms with Crippen molar-refractivity contribution < 1.29 is 0 Å². The van der Waals surface area contributed by atoms with Gasteiger partial charge in [-0.2, -0.15) is 0 Å². The molecule has 0 aliphatic carbocycles. The smallest absolute Gasteiger partial charge is 0.0619 e. The van der Waals surface area contributed by atoms with Crippen molar-refractivity contribution in [2.45, 2.75) is 0 Å². The van der Waals surface area contributed by atoms with E-state index in [-0.39, 0.29) is 0 Å². The summed E-state index contributed by atoms with van der Waals surface area (Å²) in [5, 5.41) is 2.44. The predicted octanol–water partition coefficient (Wildman–Crippen LogP) is 18.1. The summed E-state index contributed by atoms with van der Waals surface area (Å²) in [4.78, 5) is 0. The van der Waals surface area contributed by atoms with Gasteiger partial charge in [0.15, 0.2) is 0 Å². The third-order valence-corrected chi connectivity index (χ3v) is 13.1. The molecular weight excluding hydrogens is 807 g/mol. The molecule has 1 nitrogen and oxygen atoms in total. The maximum atomic E-state index is 2.50. The van der Waals surface area contributed by atoms with Gasteiger partial charge in [0.1, 0.15) is 0 Å². The summed E-state index contributed by atoms with van der Waals surface area (Å²) in [5.74, 6) is 0. The minimum atomic E-state index is 1.13. The molecule has 0 saturated heterocycles. The Balaban J connectivity index is 1.03. The number of para-hydroxylation sites is 3. The van der Waals surface area contributed by atoms with Crippen molar-refractivity contribution in [1.82, 2.24) is 4.57 Å². The molecule has 1 heterocycles.